The van der Waals surface area contributed by atoms with Crippen LogP contribution in [0.1, 0.15) is 18.9 Å². The second kappa shape index (κ2) is 11.2. The van der Waals surface area contributed by atoms with E-state index in [4.69, 9.17) is 15.9 Å². The van der Waals surface area contributed by atoms with Gasteiger partial charge in [-0.2, -0.15) is 0 Å². The van der Waals surface area contributed by atoms with Crippen LogP contribution in [0.4, 0.5) is 26.2 Å². The van der Waals surface area contributed by atoms with E-state index < -0.39 is 23.8 Å². The largest absolute Gasteiger partial charge is 0.377 e. The van der Waals surface area contributed by atoms with Crippen molar-refractivity contribution >= 4 is 34.9 Å². The van der Waals surface area contributed by atoms with Crippen LogP contribution in [0.5, 0.6) is 0 Å². The van der Waals surface area contributed by atoms with Gasteiger partial charge in [-0.05, 0) is 49.4 Å². The maximum Gasteiger partial charge on any atom is 0.322 e. The van der Waals surface area contributed by atoms with E-state index in [1.165, 1.54) is 21.9 Å². The fourth-order valence-electron chi connectivity index (χ4n) is 4.27. The summed E-state index contributed by atoms with van der Waals surface area (Å²) in [5.74, 6) is 1.06. The average molecular weight is 495 g/mol. The molecule has 2 aromatic carbocycles. The van der Waals surface area contributed by atoms with Crippen molar-refractivity contribution in [1.29, 1.82) is 0 Å². The molecule has 188 valence electrons. The van der Waals surface area contributed by atoms with Gasteiger partial charge in [-0.25, -0.2) is 9.18 Å². The number of morpholine rings is 1. The van der Waals surface area contributed by atoms with Crippen molar-refractivity contribution in [3.63, 3.8) is 0 Å². The van der Waals surface area contributed by atoms with Gasteiger partial charge < -0.3 is 29.9 Å². The van der Waals surface area contributed by atoms with Crippen LogP contribution in [0, 0.1) is 18.2 Å². The van der Waals surface area contributed by atoms with Crippen molar-refractivity contribution in [1.82, 2.24) is 4.90 Å². The van der Waals surface area contributed by atoms with Crippen LogP contribution in [0.3, 0.4) is 0 Å². The van der Waals surface area contributed by atoms with E-state index in [0.717, 1.165) is 6.07 Å². The number of hydrogen-bond donors (Lipinski definition) is 2. The molecule has 2 N–H and O–H groups in total. The topological polar surface area (TPSA) is 100 Å². The lowest BCUT2D eigenvalue weighted by Crippen LogP contribution is -2.45. The summed E-state index contributed by atoms with van der Waals surface area (Å²) in [6.45, 7) is 2.97. The van der Waals surface area contributed by atoms with Crippen LogP contribution in [0.25, 0.3) is 0 Å². The van der Waals surface area contributed by atoms with Crippen LogP contribution in [-0.4, -0.2) is 67.8 Å². The lowest BCUT2D eigenvalue weighted by atomic mass is 10.1. The first-order chi connectivity index (χ1) is 17.4. The smallest absolute Gasteiger partial charge is 0.322 e. The Morgan fingerprint density at radius 2 is 1.94 bits per heavy atom. The van der Waals surface area contributed by atoms with Gasteiger partial charge in [-0.1, -0.05) is 5.92 Å². The van der Waals surface area contributed by atoms with Gasteiger partial charge in [0, 0.05) is 43.1 Å². The van der Waals surface area contributed by atoms with Crippen LogP contribution in [0.2, 0.25) is 0 Å². The zero-order valence-electron chi connectivity index (χ0n) is 19.8. The average Bonchev–Trinajstić information content (AvgIpc) is 3.30. The van der Waals surface area contributed by atoms with Gasteiger partial charge in [0.1, 0.15) is 18.5 Å². The highest BCUT2D eigenvalue weighted by atomic mass is 19.1. The van der Waals surface area contributed by atoms with Crippen molar-refractivity contribution in [3.8, 4) is 12.3 Å². The molecule has 2 aliphatic rings. The van der Waals surface area contributed by atoms with E-state index >= 15 is 0 Å². The Bertz CT molecular complexity index is 1180. The molecule has 0 saturated carbocycles. The van der Waals surface area contributed by atoms with Crippen LogP contribution in [0.15, 0.2) is 42.5 Å². The lowest BCUT2D eigenvalue weighted by molar-refractivity contribution is -0.125. The quantitative estimate of drug-likeness (QED) is 0.602. The molecule has 2 heterocycles. The predicted molar refractivity (Wildman–Crippen MR) is 132 cm³/mol. The van der Waals surface area contributed by atoms with E-state index in [9.17, 15) is 18.8 Å². The Hall–Kier alpha value is -3.94. The fourth-order valence-corrected chi connectivity index (χ4v) is 4.27. The number of halogens is 1. The molecular formula is C26H27FN4O5. The van der Waals surface area contributed by atoms with Crippen molar-refractivity contribution in [2.75, 3.05) is 48.4 Å². The van der Waals surface area contributed by atoms with E-state index in [1.807, 2.05) is 6.92 Å². The normalized spacial score (nSPS) is 19.6. The van der Waals surface area contributed by atoms with Crippen molar-refractivity contribution in [2.24, 2.45) is 0 Å². The highest BCUT2D eigenvalue weighted by molar-refractivity contribution is 6.00. The third kappa shape index (κ3) is 5.64. The monoisotopic (exact) mass is 494 g/mol. The summed E-state index contributed by atoms with van der Waals surface area (Å²) in [6.07, 6.45) is 5.36. The highest BCUT2D eigenvalue weighted by Gasteiger charge is 2.40. The molecule has 0 spiro atoms. The maximum absolute atomic E-state index is 14.8. The van der Waals surface area contributed by atoms with E-state index in [1.54, 1.807) is 24.3 Å². The van der Waals surface area contributed by atoms with Crippen molar-refractivity contribution < 1.29 is 28.2 Å². The molecule has 2 aliphatic heterocycles. The van der Waals surface area contributed by atoms with E-state index in [-0.39, 0.29) is 43.1 Å². The minimum absolute atomic E-state index is 0.105. The van der Waals surface area contributed by atoms with Gasteiger partial charge in [0.15, 0.2) is 0 Å². The standard InChI is InChI=1S/C26H27FN4O5/c1-3-17-5-7-18(8-6-17)29-26(34)31-15-20(36-4-2)14-23(31)25(33)28-19-9-10-22(21(27)13-19)30-11-12-35-16-24(30)32/h1,5-10,13,20,23H,4,11-12,14-16H2,2H3,(H,28,33)(H,29,34)/t20-,23+/m1/s1. The number of likely N-dealkylation sites (tertiary alicyclic amines) is 1. The molecule has 0 unspecified atom stereocenters. The number of urea groups is 1. The van der Waals surface area contributed by atoms with Gasteiger partial charge >= 0.3 is 6.03 Å². The van der Waals surface area contributed by atoms with Crippen LogP contribution >= 0.6 is 0 Å². The Morgan fingerprint density at radius 1 is 1.19 bits per heavy atom. The van der Waals surface area contributed by atoms with E-state index in [0.29, 0.717) is 30.9 Å². The lowest BCUT2D eigenvalue weighted by Gasteiger charge is -2.27. The first kappa shape index (κ1) is 25.2. The van der Waals surface area contributed by atoms with Crippen molar-refractivity contribution in [3.05, 3.63) is 53.8 Å². The number of rotatable bonds is 6. The number of carbonyl (C=O) groups is 3. The number of carbonyl (C=O) groups excluding carboxylic acids is 3. The summed E-state index contributed by atoms with van der Waals surface area (Å²) < 4.78 is 25.6. The molecule has 0 aliphatic carbocycles. The molecule has 36 heavy (non-hydrogen) atoms. The number of nitrogens with zero attached hydrogens (tertiary/aromatic N) is 2. The Morgan fingerprint density at radius 3 is 2.61 bits per heavy atom. The number of ether oxygens (including phenoxy) is 2. The molecule has 2 aromatic rings. The van der Waals surface area contributed by atoms with Crippen LogP contribution < -0.4 is 15.5 Å². The number of terminal acetylenes is 1. The minimum Gasteiger partial charge on any atom is -0.377 e. The molecule has 4 amide bonds. The Labute approximate surface area is 208 Å². The number of benzene rings is 2. The second-order valence-corrected chi connectivity index (χ2v) is 8.39. The third-order valence-corrected chi connectivity index (χ3v) is 6.02. The molecule has 0 aromatic heterocycles. The van der Waals surface area contributed by atoms with Gasteiger partial charge in [-0.15, -0.1) is 6.42 Å². The SMILES string of the molecule is C#Cc1ccc(NC(=O)N2C[C@H](OCC)C[C@H]2C(=O)Nc2ccc(N3CCOCC3=O)c(F)c2)cc1. The second-order valence-electron chi connectivity index (χ2n) is 8.39. The third-order valence-electron chi connectivity index (χ3n) is 6.02. The van der Waals surface area contributed by atoms with Gasteiger partial charge in [0.2, 0.25) is 5.91 Å². The molecule has 2 saturated heterocycles. The molecule has 2 fully saturated rings. The number of nitrogens with one attached hydrogen (secondary N) is 2. The highest BCUT2D eigenvalue weighted by Crippen LogP contribution is 2.27. The first-order valence-corrected chi connectivity index (χ1v) is 11.6. The molecule has 0 radical (unpaired) electrons. The van der Waals surface area contributed by atoms with Crippen LogP contribution in [-0.2, 0) is 19.1 Å². The summed E-state index contributed by atoms with van der Waals surface area (Å²) in [7, 11) is 0. The summed E-state index contributed by atoms with van der Waals surface area (Å²) in [4.78, 5) is 40.9. The summed E-state index contributed by atoms with van der Waals surface area (Å²) >= 11 is 0. The minimum atomic E-state index is -0.824. The predicted octanol–water partition coefficient (Wildman–Crippen LogP) is 2.82. The van der Waals surface area contributed by atoms with Gasteiger partial charge in [0.05, 0.1) is 18.4 Å². The molecule has 0 bridgehead atoms. The fraction of sp³-hybridized carbons (Fsp3) is 0.346. The molecule has 10 heteroatoms. The number of hydrogen-bond acceptors (Lipinski definition) is 5. The van der Waals surface area contributed by atoms with Gasteiger partial charge in [0.25, 0.3) is 5.91 Å². The summed E-state index contributed by atoms with van der Waals surface area (Å²) in [5.41, 5.74) is 1.55. The summed E-state index contributed by atoms with van der Waals surface area (Å²) in [5, 5.41) is 5.46. The first-order valence-electron chi connectivity index (χ1n) is 11.6. The zero-order chi connectivity index (χ0) is 25.7. The van der Waals surface area contributed by atoms with Crippen molar-refractivity contribution in [2.45, 2.75) is 25.5 Å². The maximum atomic E-state index is 14.8. The number of amides is 4. The molecule has 4 rings (SSSR count). The van der Waals surface area contributed by atoms with E-state index in [2.05, 4.69) is 16.6 Å². The summed E-state index contributed by atoms with van der Waals surface area (Å²) in [6, 6.07) is 9.60. The molecule has 2 atom stereocenters. The molecule has 9 nitrogen and oxygen atoms in total. The van der Waals surface area contributed by atoms with Gasteiger partial charge in [-0.3, -0.25) is 9.59 Å². The Kier molecular flexibility index (Phi) is 7.83. The Balaban J connectivity index is 1.46. The molecular weight excluding hydrogens is 467 g/mol. The zero-order valence-corrected chi connectivity index (χ0v) is 19.8. The number of anilines is 3.